The Kier molecular flexibility index (Phi) is 12.7. The number of likely N-dealkylation sites (N-methyl/N-ethyl adjacent to an activating group) is 2. The highest BCUT2D eigenvalue weighted by Gasteiger charge is 2.28. The molecule has 0 unspecified atom stereocenters. The summed E-state index contributed by atoms with van der Waals surface area (Å²) in [6.07, 6.45) is 16.1. The molecular formula is C21H44N2O3. The summed E-state index contributed by atoms with van der Waals surface area (Å²) in [6.45, 7) is 2.45. The minimum Gasteiger partial charge on any atom is -0.331 e. The van der Waals surface area contributed by atoms with Gasteiger partial charge >= 0.3 is 0 Å². The number of unbranched alkanes of at least 4 members (excludes halogenated alkanes) is 9. The SMILES string of the molecule is COC(CCCCCCCCCCCCC1N(C)CCN1C)(OC)OC. The van der Waals surface area contributed by atoms with Gasteiger partial charge in [-0.1, -0.05) is 57.8 Å². The van der Waals surface area contributed by atoms with Gasteiger partial charge in [0.2, 0.25) is 0 Å². The molecule has 0 bridgehead atoms. The van der Waals surface area contributed by atoms with Gasteiger partial charge in [0.05, 0.1) is 6.17 Å². The molecule has 0 aromatic carbocycles. The highest BCUT2D eigenvalue weighted by molar-refractivity contribution is 4.76. The highest BCUT2D eigenvalue weighted by atomic mass is 16.9. The number of methoxy groups -OCH3 is 3. The number of hydrogen-bond acceptors (Lipinski definition) is 5. The zero-order valence-corrected chi connectivity index (χ0v) is 18.1. The van der Waals surface area contributed by atoms with E-state index >= 15 is 0 Å². The molecule has 1 rings (SSSR count). The molecule has 1 aliphatic heterocycles. The fraction of sp³-hybridized carbons (Fsp3) is 1.00. The molecule has 156 valence electrons. The van der Waals surface area contributed by atoms with E-state index in [4.69, 9.17) is 14.2 Å². The van der Waals surface area contributed by atoms with Crippen LogP contribution in [0.2, 0.25) is 0 Å². The summed E-state index contributed by atoms with van der Waals surface area (Å²) in [6, 6.07) is 0. The third-order valence-corrected chi connectivity index (χ3v) is 5.95. The molecular weight excluding hydrogens is 328 g/mol. The summed E-state index contributed by atoms with van der Waals surface area (Å²) in [4.78, 5) is 4.99. The lowest BCUT2D eigenvalue weighted by Crippen LogP contribution is -2.35. The number of nitrogens with zero attached hydrogens (tertiary/aromatic N) is 2. The van der Waals surface area contributed by atoms with E-state index in [1.54, 1.807) is 21.3 Å². The fourth-order valence-electron chi connectivity index (χ4n) is 4.03. The van der Waals surface area contributed by atoms with Gasteiger partial charge in [-0.2, -0.15) is 0 Å². The van der Waals surface area contributed by atoms with Gasteiger partial charge in [-0.3, -0.25) is 9.80 Å². The van der Waals surface area contributed by atoms with Crippen molar-refractivity contribution in [3.63, 3.8) is 0 Å². The predicted octanol–water partition coefficient (Wildman–Crippen LogP) is 4.46. The van der Waals surface area contributed by atoms with Gasteiger partial charge in [-0.15, -0.1) is 0 Å². The summed E-state index contributed by atoms with van der Waals surface area (Å²) < 4.78 is 16.0. The second-order valence-corrected chi connectivity index (χ2v) is 7.81. The van der Waals surface area contributed by atoms with Crippen molar-refractivity contribution < 1.29 is 14.2 Å². The molecule has 0 aromatic rings. The van der Waals surface area contributed by atoms with Crippen molar-refractivity contribution >= 4 is 0 Å². The Balaban J connectivity index is 1.86. The zero-order valence-electron chi connectivity index (χ0n) is 18.1. The third kappa shape index (κ3) is 8.66. The number of rotatable bonds is 16. The van der Waals surface area contributed by atoms with Crippen LogP contribution in [0.4, 0.5) is 0 Å². The molecule has 0 N–H and O–H groups in total. The molecule has 1 saturated heterocycles. The van der Waals surface area contributed by atoms with E-state index in [1.807, 2.05) is 0 Å². The third-order valence-electron chi connectivity index (χ3n) is 5.95. The van der Waals surface area contributed by atoms with Crippen molar-refractivity contribution in [3.05, 3.63) is 0 Å². The summed E-state index contributed by atoms with van der Waals surface area (Å²) in [5, 5.41) is 0. The van der Waals surface area contributed by atoms with E-state index in [-0.39, 0.29) is 0 Å². The molecule has 0 spiro atoms. The van der Waals surface area contributed by atoms with Crippen LogP contribution in [-0.4, -0.2) is 70.5 Å². The van der Waals surface area contributed by atoms with Crippen LogP contribution in [0.5, 0.6) is 0 Å². The quantitative estimate of drug-likeness (QED) is 0.295. The second-order valence-electron chi connectivity index (χ2n) is 7.81. The van der Waals surface area contributed by atoms with Gasteiger partial charge in [0, 0.05) is 40.8 Å². The molecule has 5 nitrogen and oxygen atoms in total. The van der Waals surface area contributed by atoms with E-state index in [1.165, 1.54) is 77.3 Å². The van der Waals surface area contributed by atoms with E-state index in [9.17, 15) is 0 Å². The van der Waals surface area contributed by atoms with Crippen LogP contribution in [0.3, 0.4) is 0 Å². The molecule has 0 atom stereocenters. The maximum absolute atomic E-state index is 5.32. The van der Waals surface area contributed by atoms with Crippen molar-refractivity contribution in [2.75, 3.05) is 48.5 Å². The van der Waals surface area contributed by atoms with Crippen molar-refractivity contribution in [2.24, 2.45) is 0 Å². The van der Waals surface area contributed by atoms with Crippen LogP contribution in [0, 0.1) is 0 Å². The maximum atomic E-state index is 5.32. The Morgan fingerprint density at radius 3 is 1.46 bits per heavy atom. The summed E-state index contributed by atoms with van der Waals surface area (Å²) >= 11 is 0. The molecule has 1 aliphatic rings. The maximum Gasteiger partial charge on any atom is 0.282 e. The van der Waals surface area contributed by atoms with Gasteiger partial charge < -0.3 is 14.2 Å². The minimum absolute atomic E-state index is 0.683. The Labute approximate surface area is 162 Å². The molecule has 5 heteroatoms. The predicted molar refractivity (Wildman–Crippen MR) is 108 cm³/mol. The lowest BCUT2D eigenvalue weighted by molar-refractivity contribution is -0.355. The van der Waals surface area contributed by atoms with Crippen molar-refractivity contribution in [2.45, 2.75) is 89.2 Å². The molecule has 0 aliphatic carbocycles. The van der Waals surface area contributed by atoms with Crippen LogP contribution in [-0.2, 0) is 14.2 Å². The molecule has 26 heavy (non-hydrogen) atoms. The van der Waals surface area contributed by atoms with Gasteiger partial charge in [-0.05, 0) is 26.9 Å². The van der Waals surface area contributed by atoms with Gasteiger partial charge in [0.25, 0.3) is 5.97 Å². The first kappa shape index (κ1) is 23.8. The molecule has 1 fully saturated rings. The van der Waals surface area contributed by atoms with E-state index in [0.717, 1.165) is 12.8 Å². The van der Waals surface area contributed by atoms with E-state index in [0.29, 0.717) is 6.17 Å². The number of hydrogen-bond donors (Lipinski definition) is 0. The molecule has 1 heterocycles. The lowest BCUT2D eigenvalue weighted by Gasteiger charge is -2.28. The largest absolute Gasteiger partial charge is 0.331 e. The van der Waals surface area contributed by atoms with Crippen LogP contribution < -0.4 is 0 Å². The van der Waals surface area contributed by atoms with E-state index < -0.39 is 5.97 Å². The summed E-state index contributed by atoms with van der Waals surface area (Å²) in [5.41, 5.74) is 0. The molecule has 0 aromatic heterocycles. The summed E-state index contributed by atoms with van der Waals surface area (Å²) in [7, 11) is 9.42. The average Bonchev–Trinajstić information content (AvgIpc) is 2.98. The first-order valence-electron chi connectivity index (χ1n) is 10.6. The van der Waals surface area contributed by atoms with Gasteiger partial charge in [0.15, 0.2) is 0 Å². The normalized spacial score (nSPS) is 17.4. The molecule has 0 amide bonds. The smallest absolute Gasteiger partial charge is 0.282 e. The molecule has 0 radical (unpaired) electrons. The second kappa shape index (κ2) is 13.9. The Morgan fingerprint density at radius 1 is 0.654 bits per heavy atom. The van der Waals surface area contributed by atoms with Crippen LogP contribution in [0.25, 0.3) is 0 Å². The van der Waals surface area contributed by atoms with Gasteiger partial charge in [-0.25, -0.2) is 0 Å². The summed E-state index contributed by atoms with van der Waals surface area (Å²) in [5.74, 6) is -0.845. The van der Waals surface area contributed by atoms with Crippen LogP contribution in [0.1, 0.15) is 77.0 Å². The monoisotopic (exact) mass is 372 g/mol. The van der Waals surface area contributed by atoms with Crippen LogP contribution in [0.15, 0.2) is 0 Å². The van der Waals surface area contributed by atoms with Crippen LogP contribution >= 0.6 is 0 Å². The Hall–Kier alpha value is -0.200. The fourth-order valence-corrected chi connectivity index (χ4v) is 4.03. The molecule has 0 saturated carbocycles. The Bertz CT molecular complexity index is 319. The van der Waals surface area contributed by atoms with Crippen molar-refractivity contribution in [1.29, 1.82) is 0 Å². The topological polar surface area (TPSA) is 34.2 Å². The standard InChI is InChI=1S/C21H44N2O3/c1-22-18-19-23(2)20(22)16-14-12-10-8-6-7-9-11-13-15-17-21(24-3,25-4)26-5/h20H,6-19H2,1-5H3. The first-order valence-corrected chi connectivity index (χ1v) is 10.6. The van der Waals surface area contributed by atoms with Crippen molar-refractivity contribution in [3.8, 4) is 0 Å². The first-order chi connectivity index (χ1) is 12.6. The zero-order chi connectivity index (χ0) is 19.3. The Morgan fingerprint density at radius 2 is 1.04 bits per heavy atom. The number of ether oxygens (including phenoxy) is 3. The van der Waals surface area contributed by atoms with E-state index in [2.05, 4.69) is 23.9 Å². The minimum atomic E-state index is -0.845. The average molecular weight is 373 g/mol. The lowest BCUT2D eigenvalue weighted by atomic mass is 10.0. The van der Waals surface area contributed by atoms with Crippen molar-refractivity contribution in [1.82, 2.24) is 9.80 Å². The highest BCUT2D eigenvalue weighted by Crippen LogP contribution is 2.22. The van der Waals surface area contributed by atoms with Gasteiger partial charge in [0.1, 0.15) is 0 Å².